The van der Waals surface area contributed by atoms with Crippen molar-refractivity contribution >= 4 is 5.91 Å². The van der Waals surface area contributed by atoms with Gasteiger partial charge in [0.2, 0.25) is 0 Å². The quantitative estimate of drug-likeness (QED) is 0.891. The molecule has 1 aliphatic heterocycles. The van der Waals surface area contributed by atoms with Gasteiger partial charge in [-0.15, -0.1) is 0 Å². The molecule has 1 aromatic carbocycles. The van der Waals surface area contributed by atoms with E-state index in [1.165, 1.54) is 6.07 Å². The highest BCUT2D eigenvalue weighted by atomic mass is 19.1. The first-order valence-corrected chi connectivity index (χ1v) is 6.71. The molecule has 0 aliphatic carbocycles. The minimum Gasteiger partial charge on any atom is -0.396 e. The summed E-state index contributed by atoms with van der Waals surface area (Å²) in [7, 11) is 0. The van der Waals surface area contributed by atoms with Crippen molar-refractivity contribution in [3.05, 3.63) is 35.1 Å². The molecular formula is C15H20FNO2. The highest BCUT2D eigenvalue weighted by Crippen LogP contribution is 2.24. The molecule has 2 rings (SSSR count). The Labute approximate surface area is 113 Å². The number of likely N-dealkylation sites (tertiary alicyclic amines) is 1. The van der Waals surface area contributed by atoms with Crippen LogP contribution in [-0.4, -0.2) is 35.1 Å². The van der Waals surface area contributed by atoms with Crippen LogP contribution in [0.4, 0.5) is 4.39 Å². The average Bonchev–Trinajstić information content (AvgIpc) is 2.41. The number of carbonyl (C=O) groups excluding carboxylic acids is 1. The van der Waals surface area contributed by atoms with Crippen molar-refractivity contribution in [1.29, 1.82) is 0 Å². The lowest BCUT2D eigenvalue weighted by atomic mass is 9.93. The van der Waals surface area contributed by atoms with Gasteiger partial charge in [0, 0.05) is 19.2 Å². The van der Waals surface area contributed by atoms with Gasteiger partial charge in [0.05, 0.1) is 5.56 Å². The van der Waals surface area contributed by atoms with Gasteiger partial charge in [0.1, 0.15) is 5.82 Å². The van der Waals surface area contributed by atoms with Gasteiger partial charge in [-0.3, -0.25) is 4.79 Å². The first kappa shape index (κ1) is 14.0. The van der Waals surface area contributed by atoms with Crippen molar-refractivity contribution in [2.75, 3.05) is 13.2 Å². The molecule has 4 heteroatoms. The highest BCUT2D eigenvalue weighted by molar-refractivity contribution is 5.95. The van der Waals surface area contributed by atoms with E-state index in [-0.39, 0.29) is 30.0 Å². The van der Waals surface area contributed by atoms with Crippen LogP contribution in [0.3, 0.4) is 0 Å². The molecule has 0 spiro atoms. The molecule has 1 aromatic rings. The van der Waals surface area contributed by atoms with Crippen LogP contribution in [0.1, 0.15) is 35.7 Å². The first-order chi connectivity index (χ1) is 9.02. The second-order valence-corrected chi connectivity index (χ2v) is 5.42. The molecule has 19 heavy (non-hydrogen) atoms. The summed E-state index contributed by atoms with van der Waals surface area (Å²) in [5, 5.41) is 9.23. The van der Waals surface area contributed by atoms with Gasteiger partial charge < -0.3 is 10.0 Å². The molecule has 0 radical (unpaired) electrons. The number of hydrogen-bond acceptors (Lipinski definition) is 2. The van der Waals surface area contributed by atoms with Gasteiger partial charge in [-0.05, 0) is 44.7 Å². The van der Waals surface area contributed by atoms with E-state index in [0.29, 0.717) is 6.54 Å². The van der Waals surface area contributed by atoms with E-state index in [4.69, 9.17) is 0 Å². The van der Waals surface area contributed by atoms with E-state index in [9.17, 15) is 14.3 Å². The number of piperidine rings is 1. The maximum atomic E-state index is 13.8. The Morgan fingerprint density at radius 1 is 1.47 bits per heavy atom. The third kappa shape index (κ3) is 2.95. The topological polar surface area (TPSA) is 40.5 Å². The fourth-order valence-corrected chi connectivity index (χ4v) is 2.57. The Morgan fingerprint density at radius 3 is 2.89 bits per heavy atom. The molecule has 104 valence electrons. The molecule has 0 bridgehead atoms. The monoisotopic (exact) mass is 265 g/mol. The molecule has 2 unspecified atom stereocenters. The fraction of sp³-hybridized carbons (Fsp3) is 0.533. The van der Waals surface area contributed by atoms with E-state index in [0.717, 1.165) is 18.4 Å². The summed E-state index contributed by atoms with van der Waals surface area (Å²) < 4.78 is 13.8. The summed E-state index contributed by atoms with van der Waals surface area (Å²) in [6, 6.07) is 4.67. The number of carbonyl (C=O) groups is 1. The van der Waals surface area contributed by atoms with Gasteiger partial charge in [-0.25, -0.2) is 4.39 Å². The van der Waals surface area contributed by atoms with E-state index >= 15 is 0 Å². The van der Waals surface area contributed by atoms with Crippen LogP contribution in [0, 0.1) is 18.7 Å². The number of amides is 1. The molecule has 1 N–H and O–H groups in total. The first-order valence-electron chi connectivity index (χ1n) is 6.71. The van der Waals surface area contributed by atoms with Crippen LogP contribution in [0.5, 0.6) is 0 Å². The number of aliphatic hydroxyl groups excluding tert-OH is 1. The van der Waals surface area contributed by atoms with Crippen LogP contribution in [0.2, 0.25) is 0 Å². The molecule has 0 aromatic heterocycles. The normalized spacial score (nSPS) is 23.5. The minimum atomic E-state index is -0.478. The van der Waals surface area contributed by atoms with Crippen molar-refractivity contribution in [2.24, 2.45) is 5.92 Å². The number of hydrogen-bond donors (Lipinski definition) is 1. The van der Waals surface area contributed by atoms with Crippen LogP contribution in [0.15, 0.2) is 18.2 Å². The second kappa shape index (κ2) is 5.70. The number of halogens is 1. The predicted octanol–water partition coefficient (Wildman–Crippen LogP) is 2.37. The number of nitrogens with zero attached hydrogens (tertiary/aromatic N) is 1. The predicted molar refractivity (Wildman–Crippen MR) is 71.4 cm³/mol. The van der Waals surface area contributed by atoms with E-state index < -0.39 is 5.82 Å². The summed E-state index contributed by atoms with van der Waals surface area (Å²) in [6.45, 7) is 4.39. The molecule has 2 atom stereocenters. The lowest BCUT2D eigenvalue weighted by molar-refractivity contribution is 0.0484. The van der Waals surface area contributed by atoms with Crippen molar-refractivity contribution in [2.45, 2.75) is 32.7 Å². The summed E-state index contributed by atoms with van der Waals surface area (Å²) >= 11 is 0. The smallest absolute Gasteiger partial charge is 0.257 e. The molecular weight excluding hydrogens is 245 g/mol. The van der Waals surface area contributed by atoms with Crippen molar-refractivity contribution in [3.63, 3.8) is 0 Å². The van der Waals surface area contributed by atoms with E-state index in [2.05, 4.69) is 0 Å². The van der Waals surface area contributed by atoms with Gasteiger partial charge in [-0.2, -0.15) is 0 Å². The Morgan fingerprint density at radius 2 is 2.21 bits per heavy atom. The Kier molecular flexibility index (Phi) is 4.20. The summed E-state index contributed by atoms with van der Waals surface area (Å²) in [5.74, 6) is -0.645. The van der Waals surface area contributed by atoms with Gasteiger partial charge in [0.15, 0.2) is 0 Å². The number of benzene rings is 1. The molecule has 1 fully saturated rings. The number of aliphatic hydroxyl groups is 1. The zero-order chi connectivity index (χ0) is 14.0. The van der Waals surface area contributed by atoms with E-state index in [1.54, 1.807) is 17.0 Å². The second-order valence-electron chi connectivity index (χ2n) is 5.42. The molecule has 3 nitrogen and oxygen atoms in total. The Balaban J connectivity index is 2.24. The number of rotatable bonds is 2. The lowest BCUT2D eigenvalue weighted by Crippen LogP contribution is -2.46. The summed E-state index contributed by atoms with van der Waals surface area (Å²) in [4.78, 5) is 14.1. The number of aryl methyl sites for hydroxylation is 1. The maximum Gasteiger partial charge on any atom is 0.257 e. The lowest BCUT2D eigenvalue weighted by Gasteiger charge is -2.37. The third-order valence-corrected chi connectivity index (χ3v) is 3.85. The SMILES string of the molecule is Cc1ccc(F)c(C(=O)N2CC(CO)CCC2C)c1. The van der Waals surface area contributed by atoms with Crippen LogP contribution in [0.25, 0.3) is 0 Å². The molecule has 1 saturated heterocycles. The van der Waals surface area contributed by atoms with Crippen LogP contribution >= 0.6 is 0 Å². The summed E-state index contributed by atoms with van der Waals surface area (Å²) in [6.07, 6.45) is 1.77. The molecule has 0 saturated carbocycles. The Bertz CT molecular complexity index is 475. The zero-order valence-electron chi connectivity index (χ0n) is 11.4. The Hall–Kier alpha value is -1.42. The maximum absolute atomic E-state index is 13.8. The molecule has 1 heterocycles. The van der Waals surface area contributed by atoms with Crippen LogP contribution < -0.4 is 0 Å². The van der Waals surface area contributed by atoms with Gasteiger partial charge in [0.25, 0.3) is 5.91 Å². The summed E-state index contributed by atoms with van der Waals surface area (Å²) in [5.41, 5.74) is 0.999. The average molecular weight is 265 g/mol. The highest BCUT2D eigenvalue weighted by Gasteiger charge is 2.30. The van der Waals surface area contributed by atoms with E-state index in [1.807, 2.05) is 13.8 Å². The van der Waals surface area contributed by atoms with Crippen molar-refractivity contribution in [3.8, 4) is 0 Å². The van der Waals surface area contributed by atoms with Gasteiger partial charge in [-0.1, -0.05) is 11.6 Å². The molecule has 1 aliphatic rings. The minimum absolute atomic E-state index is 0.0762. The largest absolute Gasteiger partial charge is 0.396 e. The molecule has 1 amide bonds. The van der Waals surface area contributed by atoms with Gasteiger partial charge >= 0.3 is 0 Å². The standard InChI is InChI=1S/C15H20FNO2/c1-10-3-6-14(16)13(7-10)15(19)17-8-12(9-18)5-4-11(17)2/h3,6-7,11-12,18H,4-5,8-9H2,1-2H3. The van der Waals surface area contributed by atoms with Crippen molar-refractivity contribution in [1.82, 2.24) is 4.90 Å². The third-order valence-electron chi connectivity index (χ3n) is 3.85. The van der Waals surface area contributed by atoms with Crippen molar-refractivity contribution < 1.29 is 14.3 Å². The fourth-order valence-electron chi connectivity index (χ4n) is 2.57. The zero-order valence-corrected chi connectivity index (χ0v) is 11.4. The van der Waals surface area contributed by atoms with Crippen LogP contribution in [-0.2, 0) is 0 Å².